The van der Waals surface area contributed by atoms with E-state index < -0.39 is 0 Å². The Morgan fingerprint density at radius 1 is 1.27 bits per heavy atom. The Hall–Kier alpha value is -1.12. The van der Waals surface area contributed by atoms with E-state index in [0.717, 1.165) is 6.29 Å². The third-order valence-corrected chi connectivity index (χ3v) is 3.57. The normalized spacial score (nSPS) is 22.1. The quantitative estimate of drug-likeness (QED) is 0.709. The van der Waals surface area contributed by atoms with Crippen molar-refractivity contribution in [2.24, 2.45) is 0 Å². The Labute approximate surface area is 89.5 Å². The van der Waals surface area contributed by atoms with Crippen LogP contribution in [0.4, 0.5) is 0 Å². The number of aromatic nitrogens is 2. The van der Waals surface area contributed by atoms with Crippen LogP contribution in [0.5, 0.6) is 0 Å². The highest BCUT2D eigenvalue weighted by Crippen LogP contribution is 2.41. The van der Waals surface area contributed by atoms with Gasteiger partial charge in [0.25, 0.3) is 0 Å². The number of aldehydes is 1. The standard InChI is InChI=1S/C12H16N2O/c15-8-10-7-12(9-3-1-2-4-9)14(13-10)11-5-6-11/h7-9,11H,1-6H2. The first-order chi connectivity index (χ1) is 7.38. The van der Waals surface area contributed by atoms with Crippen LogP contribution in [0.1, 0.15) is 66.7 Å². The minimum atomic E-state index is 0.592. The van der Waals surface area contributed by atoms with E-state index >= 15 is 0 Å². The SMILES string of the molecule is O=Cc1cc(C2CCCC2)n(C2CC2)n1. The number of hydrogen-bond donors (Lipinski definition) is 0. The summed E-state index contributed by atoms with van der Waals surface area (Å²) in [5.74, 6) is 0.659. The first-order valence-corrected chi connectivity index (χ1v) is 5.93. The predicted octanol–water partition coefficient (Wildman–Crippen LogP) is 2.69. The fourth-order valence-electron chi connectivity index (χ4n) is 2.62. The molecular weight excluding hydrogens is 188 g/mol. The Bertz CT molecular complexity index is 373. The highest BCUT2D eigenvalue weighted by Gasteiger charge is 2.30. The molecule has 0 aromatic carbocycles. The molecule has 0 aliphatic heterocycles. The molecule has 80 valence electrons. The number of rotatable bonds is 3. The third-order valence-electron chi connectivity index (χ3n) is 3.57. The van der Waals surface area contributed by atoms with Crippen LogP contribution in [-0.4, -0.2) is 16.1 Å². The van der Waals surface area contributed by atoms with Gasteiger partial charge in [0.05, 0.1) is 6.04 Å². The van der Waals surface area contributed by atoms with E-state index in [-0.39, 0.29) is 0 Å². The van der Waals surface area contributed by atoms with Crippen LogP contribution in [0, 0.1) is 0 Å². The number of hydrogen-bond acceptors (Lipinski definition) is 2. The van der Waals surface area contributed by atoms with Gasteiger partial charge in [-0.3, -0.25) is 9.48 Å². The van der Waals surface area contributed by atoms with Gasteiger partial charge in [0.2, 0.25) is 0 Å². The van der Waals surface area contributed by atoms with Crippen LogP contribution >= 0.6 is 0 Å². The lowest BCUT2D eigenvalue weighted by molar-refractivity contribution is 0.111. The number of carbonyl (C=O) groups excluding carboxylic acids is 1. The Kier molecular flexibility index (Phi) is 2.11. The molecule has 1 aromatic heterocycles. The second-order valence-electron chi connectivity index (χ2n) is 4.77. The van der Waals surface area contributed by atoms with Crippen molar-refractivity contribution in [2.75, 3.05) is 0 Å². The van der Waals surface area contributed by atoms with E-state index in [9.17, 15) is 4.79 Å². The molecule has 3 nitrogen and oxygen atoms in total. The summed E-state index contributed by atoms with van der Waals surface area (Å²) in [4.78, 5) is 10.8. The minimum absolute atomic E-state index is 0.592. The molecule has 0 amide bonds. The second kappa shape index (κ2) is 3.47. The van der Waals surface area contributed by atoms with Crippen molar-refractivity contribution in [3.05, 3.63) is 17.5 Å². The zero-order chi connectivity index (χ0) is 10.3. The maximum atomic E-state index is 10.8. The van der Waals surface area contributed by atoms with E-state index in [1.807, 2.05) is 6.07 Å². The molecule has 0 radical (unpaired) electrons. The van der Waals surface area contributed by atoms with Crippen LogP contribution in [0.25, 0.3) is 0 Å². The fraction of sp³-hybridized carbons (Fsp3) is 0.667. The Morgan fingerprint density at radius 3 is 2.60 bits per heavy atom. The van der Waals surface area contributed by atoms with Gasteiger partial charge in [0, 0.05) is 11.6 Å². The number of nitrogens with zero attached hydrogens (tertiary/aromatic N) is 2. The van der Waals surface area contributed by atoms with Gasteiger partial charge in [-0.15, -0.1) is 0 Å². The van der Waals surface area contributed by atoms with E-state index in [1.165, 1.54) is 44.2 Å². The van der Waals surface area contributed by atoms with Crippen molar-refractivity contribution in [1.82, 2.24) is 9.78 Å². The molecule has 3 rings (SSSR count). The predicted molar refractivity (Wildman–Crippen MR) is 57.1 cm³/mol. The zero-order valence-corrected chi connectivity index (χ0v) is 8.85. The molecule has 2 saturated carbocycles. The van der Waals surface area contributed by atoms with Gasteiger partial charge >= 0.3 is 0 Å². The highest BCUT2D eigenvalue weighted by atomic mass is 16.1. The molecule has 0 unspecified atom stereocenters. The van der Waals surface area contributed by atoms with Gasteiger partial charge in [0.1, 0.15) is 5.69 Å². The van der Waals surface area contributed by atoms with Gasteiger partial charge in [0.15, 0.2) is 6.29 Å². The second-order valence-corrected chi connectivity index (χ2v) is 4.77. The molecule has 2 fully saturated rings. The molecule has 2 aliphatic carbocycles. The lowest BCUT2D eigenvalue weighted by atomic mass is 10.0. The topological polar surface area (TPSA) is 34.9 Å². The van der Waals surface area contributed by atoms with Gasteiger partial charge in [-0.25, -0.2) is 0 Å². The maximum absolute atomic E-state index is 10.8. The molecule has 3 heteroatoms. The smallest absolute Gasteiger partial charge is 0.170 e. The van der Waals surface area contributed by atoms with Crippen molar-refractivity contribution in [1.29, 1.82) is 0 Å². The monoisotopic (exact) mass is 204 g/mol. The molecule has 1 heterocycles. The van der Waals surface area contributed by atoms with Crippen LogP contribution in [0.2, 0.25) is 0 Å². The minimum Gasteiger partial charge on any atom is -0.296 e. The first kappa shape index (κ1) is 9.13. The maximum Gasteiger partial charge on any atom is 0.170 e. The summed E-state index contributed by atoms with van der Waals surface area (Å²) in [5.41, 5.74) is 1.93. The van der Waals surface area contributed by atoms with Crippen molar-refractivity contribution < 1.29 is 4.79 Å². The Morgan fingerprint density at radius 2 is 2.00 bits per heavy atom. The lowest BCUT2D eigenvalue weighted by Crippen LogP contribution is -2.05. The summed E-state index contributed by atoms with van der Waals surface area (Å²) < 4.78 is 2.12. The summed E-state index contributed by atoms with van der Waals surface area (Å²) in [7, 11) is 0. The van der Waals surface area contributed by atoms with Crippen LogP contribution < -0.4 is 0 Å². The molecule has 0 N–H and O–H groups in total. The molecule has 0 bridgehead atoms. The summed E-state index contributed by atoms with van der Waals surface area (Å²) >= 11 is 0. The van der Waals surface area contributed by atoms with Gasteiger partial charge in [-0.05, 0) is 31.7 Å². The van der Waals surface area contributed by atoms with E-state index in [0.29, 0.717) is 17.7 Å². The van der Waals surface area contributed by atoms with Crippen molar-refractivity contribution in [3.63, 3.8) is 0 Å². The zero-order valence-electron chi connectivity index (χ0n) is 8.85. The van der Waals surface area contributed by atoms with E-state index in [1.54, 1.807) is 0 Å². The molecule has 1 aromatic rings. The lowest BCUT2D eigenvalue weighted by Gasteiger charge is -2.11. The third kappa shape index (κ3) is 1.60. The van der Waals surface area contributed by atoms with Crippen molar-refractivity contribution in [2.45, 2.75) is 50.5 Å². The largest absolute Gasteiger partial charge is 0.296 e. The van der Waals surface area contributed by atoms with E-state index in [4.69, 9.17) is 0 Å². The molecule has 0 saturated heterocycles. The molecule has 0 atom stereocenters. The summed E-state index contributed by atoms with van der Waals surface area (Å²) in [6.07, 6.45) is 8.55. The van der Waals surface area contributed by atoms with Gasteiger partial charge < -0.3 is 0 Å². The average molecular weight is 204 g/mol. The van der Waals surface area contributed by atoms with Crippen LogP contribution in [0.3, 0.4) is 0 Å². The number of carbonyl (C=O) groups is 1. The molecular formula is C12H16N2O. The summed E-state index contributed by atoms with van der Waals surface area (Å²) in [6.45, 7) is 0. The van der Waals surface area contributed by atoms with Crippen molar-refractivity contribution >= 4 is 6.29 Å². The molecule has 15 heavy (non-hydrogen) atoms. The van der Waals surface area contributed by atoms with Gasteiger partial charge in [-0.1, -0.05) is 12.8 Å². The summed E-state index contributed by atoms with van der Waals surface area (Å²) in [5, 5.41) is 4.38. The highest BCUT2D eigenvalue weighted by molar-refractivity contribution is 5.71. The average Bonchev–Trinajstić information content (AvgIpc) is 2.83. The fourth-order valence-corrected chi connectivity index (χ4v) is 2.62. The molecule has 0 spiro atoms. The van der Waals surface area contributed by atoms with E-state index in [2.05, 4.69) is 9.78 Å². The first-order valence-electron chi connectivity index (χ1n) is 5.93. The van der Waals surface area contributed by atoms with Crippen LogP contribution in [-0.2, 0) is 0 Å². The Balaban J connectivity index is 1.95. The van der Waals surface area contributed by atoms with Crippen LogP contribution in [0.15, 0.2) is 6.07 Å². The van der Waals surface area contributed by atoms with Gasteiger partial charge in [-0.2, -0.15) is 5.10 Å². The summed E-state index contributed by atoms with van der Waals surface area (Å²) in [6, 6.07) is 2.59. The van der Waals surface area contributed by atoms with Crippen molar-refractivity contribution in [3.8, 4) is 0 Å². The molecule has 2 aliphatic rings.